The van der Waals surface area contributed by atoms with Crippen LogP contribution in [0, 0.1) is 5.82 Å². The van der Waals surface area contributed by atoms with Crippen LogP contribution in [0.3, 0.4) is 0 Å². The molecular formula is C13H11BFNO3. The van der Waals surface area contributed by atoms with E-state index in [-0.39, 0.29) is 17.3 Å². The van der Waals surface area contributed by atoms with Crippen molar-refractivity contribution in [3.63, 3.8) is 0 Å². The minimum Gasteiger partial charge on any atom is -0.465 e. The van der Waals surface area contributed by atoms with Crippen LogP contribution in [0.5, 0.6) is 11.6 Å². The Balaban J connectivity index is 2.34. The van der Waals surface area contributed by atoms with E-state index in [4.69, 9.17) is 4.74 Å². The Bertz CT molecular complexity index is 601. The molecule has 1 aromatic heterocycles. The van der Waals surface area contributed by atoms with Crippen molar-refractivity contribution in [1.82, 2.24) is 4.98 Å². The molecule has 0 radical (unpaired) electrons. The van der Waals surface area contributed by atoms with Crippen LogP contribution in [0.4, 0.5) is 4.39 Å². The number of hydrogen-bond acceptors (Lipinski definition) is 4. The minimum atomic E-state index is -0.534. The average molecular weight is 259 g/mol. The van der Waals surface area contributed by atoms with Crippen molar-refractivity contribution in [2.75, 3.05) is 7.11 Å². The first kappa shape index (κ1) is 13.1. The summed E-state index contributed by atoms with van der Waals surface area (Å²) in [5, 5.41) is 0. The predicted octanol–water partition coefficient (Wildman–Crippen LogP) is 1.06. The largest absolute Gasteiger partial charge is 0.465 e. The Morgan fingerprint density at radius 2 is 2.00 bits per heavy atom. The van der Waals surface area contributed by atoms with E-state index < -0.39 is 5.97 Å². The Hall–Kier alpha value is -2.37. The first-order chi connectivity index (χ1) is 9.10. The molecule has 96 valence electrons. The molecule has 6 heteroatoms. The monoisotopic (exact) mass is 259 g/mol. The van der Waals surface area contributed by atoms with Gasteiger partial charge in [0.15, 0.2) is 0 Å². The molecule has 0 unspecified atom stereocenters. The minimum absolute atomic E-state index is 0.129. The lowest BCUT2D eigenvalue weighted by atomic mass is 9.97. The van der Waals surface area contributed by atoms with Gasteiger partial charge in [-0.3, -0.25) is 0 Å². The number of hydrogen-bond donors (Lipinski definition) is 0. The zero-order valence-electron chi connectivity index (χ0n) is 10.5. The lowest BCUT2D eigenvalue weighted by Crippen LogP contribution is -2.12. The first-order valence-corrected chi connectivity index (χ1v) is 5.58. The van der Waals surface area contributed by atoms with Crippen LogP contribution in [-0.4, -0.2) is 25.9 Å². The molecule has 0 bridgehead atoms. The topological polar surface area (TPSA) is 48.4 Å². The third kappa shape index (κ3) is 3.10. The Morgan fingerprint density at radius 3 is 2.63 bits per heavy atom. The second-order valence-electron chi connectivity index (χ2n) is 3.91. The fraction of sp³-hybridized carbons (Fsp3) is 0.0769. The van der Waals surface area contributed by atoms with Gasteiger partial charge >= 0.3 is 5.97 Å². The van der Waals surface area contributed by atoms with Gasteiger partial charge < -0.3 is 9.47 Å². The van der Waals surface area contributed by atoms with Gasteiger partial charge in [-0.25, -0.2) is 14.2 Å². The van der Waals surface area contributed by atoms with Crippen molar-refractivity contribution in [2.24, 2.45) is 0 Å². The summed E-state index contributed by atoms with van der Waals surface area (Å²) in [6.45, 7) is 0. The Morgan fingerprint density at radius 1 is 1.32 bits per heavy atom. The zero-order chi connectivity index (χ0) is 13.8. The normalized spacial score (nSPS) is 10.0. The van der Waals surface area contributed by atoms with Gasteiger partial charge in [-0.15, -0.1) is 0 Å². The van der Waals surface area contributed by atoms with Crippen LogP contribution in [0.2, 0.25) is 0 Å². The molecule has 2 aromatic rings. The van der Waals surface area contributed by atoms with E-state index in [9.17, 15) is 9.18 Å². The summed E-state index contributed by atoms with van der Waals surface area (Å²) in [6.07, 6.45) is 1.57. The van der Waals surface area contributed by atoms with Crippen LogP contribution in [0.15, 0.2) is 36.5 Å². The number of esters is 1. The van der Waals surface area contributed by atoms with Crippen LogP contribution in [0.1, 0.15) is 10.4 Å². The molecule has 0 saturated carbocycles. The highest BCUT2D eigenvalue weighted by molar-refractivity contribution is 6.32. The van der Waals surface area contributed by atoms with E-state index in [0.717, 1.165) is 5.46 Å². The van der Waals surface area contributed by atoms with Gasteiger partial charge in [-0.1, -0.05) is 5.46 Å². The van der Waals surface area contributed by atoms with Gasteiger partial charge in [0.2, 0.25) is 5.88 Å². The van der Waals surface area contributed by atoms with E-state index in [0.29, 0.717) is 5.75 Å². The van der Waals surface area contributed by atoms with Gasteiger partial charge in [0.1, 0.15) is 25.0 Å². The molecule has 1 heterocycles. The second-order valence-corrected chi connectivity index (χ2v) is 3.91. The maximum Gasteiger partial charge on any atom is 0.343 e. The molecule has 0 aliphatic rings. The quantitative estimate of drug-likeness (QED) is 0.610. The van der Waals surface area contributed by atoms with Crippen molar-refractivity contribution in [3.05, 3.63) is 47.9 Å². The molecule has 19 heavy (non-hydrogen) atoms. The number of aromatic nitrogens is 1. The molecule has 0 aliphatic carbocycles. The van der Waals surface area contributed by atoms with Crippen LogP contribution >= 0.6 is 0 Å². The number of pyridine rings is 1. The number of halogens is 1. The fourth-order valence-corrected chi connectivity index (χ4v) is 1.51. The van der Waals surface area contributed by atoms with Gasteiger partial charge in [-0.05, 0) is 30.3 Å². The van der Waals surface area contributed by atoms with Gasteiger partial charge in [0.05, 0.1) is 7.11 Å². The predicted molar refractivity (Wildman–Crippen MR) is 70.2 cm³/mol. The standard InChI is InChI=1S/C13H11BFNO3/c1-18-13(17)11-6-8(14)7-16-12(11)19-10-4-2-9(15)3-5-10/h2-7H,14H2,1H3. The smallest absolute Gasteiger partial charge is 0.343 e. The summed E-state index contributed by atoms with van der Waals surface area (Å²) in [4.78, 5) is 15.7. The van der Waals surface area contributed by atoms with E-state index >= 15 is 0 Å². The van der Waals surface area contributed by atoms with Crippen LogP contribution in [-0.2, 0) is 4.74 Å². The molecule has 0 N–H and O–H groups in total. The van der Waals surface area contributed by atoms with Gasteiger partial charge in [0.25, 0.3) is 0 Å². The second kappa shape index (κ2) is 5.52. The molecule has 0 atom stereocenters. The number of methoxy groups -OCH3 is 1. The first-order valence-electron chi connectivity index (χ1n) is 5.58. The number of benzene rings is 1. The number of nitrogens with zero attached hydrogens (tertiary/aromatic N) is 1. The van der Waals surface area contributed by atoms with Crippen LogP contribution < -0.4 is 10.2 Å². The van der Waals surface area contributed by atoms with E-state index in [1.54, 1.807) is 20.1 Å². The molecule has 2 rings (SSSR count). The Labute approximate surface area is 110 Å². The lowest BCUT2D eigenvalue weighted by Gasteiger charge is -2.09. The molecule has 0 amide bonds. The molecule has 0 spiro atoms. The SMILES string of the molecule is Bc1cnc(Oc2ccc(F)cc2)c(C(=O)OC)c1. The van der Waals surface area contributed by atoms with E-state index in [2.05, 4.69) is 9.72 Å². The number of ether oxygens (including phenoxy) is 2. The molecule has 4 nitrogen and oxygen atoms in total. The summed E-state index contributed by atoms with van der Waals surface area (Å²) in [5.74, 6) is -0.377. The fourth-order valence-electron chi connectivity index (χ4n) is 1.51. The van der Waals surface area contributed by atoms with Crippen molar-refractivity contribution in [3.8, 4) is 11.6 Å². The van der Waals surface area contributed by atoms with Crippen LogP contribution in [0.25, 0.3) is 0 Å². The summed E-state index contributed by atoms with van der Waals surface area (Å²) < 4.78 is 22.9. The highest BCUT2D eigenvalue weighted by Crippen LogP contribution is 2.22. The highest BCUT2D eigenvalue weighted by atomic mass is 19.1. The third-order valence-corrected chi connectivity index (χ3v) is 2.42. The Kier molecular flexibility index (Phi) is 3.80. The van der Waals surface area contributed by atoms with E-state index in [1.807, 2.05) is 0 Å². The van der Waals surface area contributed by atoms with Crippen molar-refractivity contribution in [2.45, 2.75) is 0 Å². The third-order valence-electron chi connectivity index (χ3n) is 2.42. The van der Waals surface area contributed by atoms with Gasteiger partial charge in [-0.2, -0.15) is 0 Å². The molecular weight excluding hydrogens is 248 g/mol. The summed E-state index contributed by atoms with van der Waals surface area (Å²) in [6, 6.07) is 7.07. The summed E-state index contributed by atoms with van der Waals surface area (Å²) in [5.41, 5.74) is 1.04. The maximum atomic E-state index is 12.8. The maximum absolute atomic E-state index is 12.8. The lowest BCUT2D eigenvalue weighted by molar-refractivity contribution is 0.0597. The molecule has 0 saturated heterocycles. The molecule has 0 aliphatic heterocycles. The number of rotatable bonds is 3. The van der Waals surface area contributed by atoms with Gasteiger partial charge in [0, 0.05) is 6.20 Å². The van der Waals surface area contributed by atoms with E-state index in [1.165, 1.54) is 31.4 Å². The van der Waals surface area contributed by atoms with Crippen molar-refractivity contribution >= 4 is 19.3 Å². The summed E-state index contributed by atoms with van der Waals surface area (Å²) >= 11 is 0. The van der Waals surface area contributed by atoms with Crippen molar-refractivity contribution < 1.29 is 18.7 Å². The highest BCUT2D eigenvalue weighted by Gasteiger charge is 2.15. The zero-order valence-corrected chi connectivity index (χ0v) is 10.5. The average Bonchev–Trinajstić information content (AvgIpc) is 2.42. The van der Waals surface area contributed by atoms with Crippen molar-refractivity contribution in [1.29, 1.82) is 0 Å². The number of carbonyl (C=O) groups is 1. The molecule has 0 fully saturated rings. The number of carbonyl (C=O) groups excluding carboxylic acids is 1. The summed E-state index contributed by atoms with van der Waals surface area (Å²) in [7, 11) is 3.09. The molecule has 1 aromatic carbocycles.